The highest BCUT2D eigenvalue weighted by Gasteiger charge is 2.33. The number of alkyl halides is 1. The van der Waals surface area contributed by atoms with E-state index in [1.165, 1.54) is 0 Å². The fourth-order valence-corrected chi connectivity index (χ4v) is 0.0825. The SMILES string of the molecule is F[C](F)C(F)[C](F)F. The molecule has 5 heteroatoms. The molecular weight excluding hydrogens is 131 g/mol. The van der Waals surface area contributed by atoms with E-state index in [4.69, 9.17) is 0 Å². The van der Waals surface area contributed by atoms with E-state index in [0.717, 1.165) is 0 Å². The van der Waals surface area contributed by atoms with Crippen molar-refractivity contribution in [3.63, 3.8) is 0 Å². The van der Waals surface area contributed by atoms with Gasteiger partial charge in [0.2, 0.25) is 6.17 Å². The summed E-state index contributed by atoms with van der Waals surface area (Å²) in [7, 11) is 0. The molecule has 0 rings (SSSR count). The molecule has 0 N–H and O–H groups in total. The maximum atomic E-state index is 11.1. The minimum Gasteiger partial charge on any atom is -0.234 e. The van der Waals surface area contributed by atoms with Crippen LogP contribution >= 0.6 is 0 Å². The molecule has 0 aliphatic rings. The van der Waals surface area contributed by atoms with Gasteiger partial charge in [-0.1, -0.05) is 0 Å². The van der Waals surface area contributed by atoms with Crippen LogP contribution in [0.25, 0.3) is 0 Å². The second-order valence-corrected chi connectivity index (χ2v) is 0.942. The summed E-state index contributed by atoms with van der Waals surface area (Å²) in [5.74, 6) is 0. The van der Waals surface area contributed by atoms with Gasteiger partial charge < -0.3 is 0 Å². The van der Waals surface area contributed by atoms with Gasteiger partial charge in [-0.3, -0.25) is 0 Å². The van der Waals surface area contributed by atoms with Crippen molar-refractivity contribution >= 4 is 0 Å². The topological polar surface area (TPSA) is 0 Å². The Morgan fingerprint density at radius 3 is 1.12 bits per heavy atom. The van der Waals surface area contributed by atoms with Crippen molar-refractivity contribution in [3.8, 4) is 0 Å². The fourth-order valence-electron chi connectivity index (χ4n) is 0.0825. The highest BCUT2D eigenvalue weighted by atomic mass is 19.3. The normalized spacial score (nSPS) is 12.0. The van der Waals surface area contributed by atoms with Crippen LogP contribution in [0, 0.1) is 12.9 Å². The number of halogens is 5. The third kappa shape index (κ3) is 2.09. The van der Waals surface area contributed by atoms with Crippen LogP contribution in [0.2, 0.25) is 0 Å². The lowest BCUT2D eigenvalue weighted by Gasteiger charge is -1.98. The standard InChI is InChI=1S/C3HF5/c4-1(2(5)6)3(7)8/h1H. The molecule has 0 aromatic rings. The smallest absolute Gasteiger partial charge is 0.234 e. The zero-order valence-electron chi connectivity index (χ0n) is 3.47. The first-order valence-corrected chi connectivity index (χ1v) is 1.55. The van der Waals surface area contributed by atoms with Gasteiger partial charge in [-0.05, 0) is 0 Å². The molecule has 0 fully saturated rings. The Balaban J connectivity index is 3.46. The Morgan fingerprint density at radius 1 is 0.875 bits per heavy atom. The molecule has 8 heavy (non-hydrogen) atoms. The first-order valence-electron chi connectivity index (χ1n) is 1.55. The average molecular weight is 132 g/mol. The molecule has 0 atom stereocenters. The lowest BCUT2D eigenvalue weighted by molar-refractivity contribution is 0.0872. The second-order valence-electron chi connectivity index (χ2n) is 0.942. The van der Waals surface area contributed by atoms with Gasteiger partial charge in [0.1, 0.15) is 0 Å². The zero-order valence-corrected chi connectivity index (χ0v) is 3.47. The van der Waals surface area contributed by atoms with Crippen LogP contribution in [0.4, 0.5) is 22.0 Å². The van der Waals surface area contributed by atoms with E-state index in [9.17, 15) is 22.0 Å². The van der Waals surface area contributed by atoms with Crippen molar-refractivity contribution in [1.29, 1.82) is 0 Å². The Morgan fingerprint density at radius 2 is 1.12 bits per heavy atom. The van der Waals surface area contributed by atoms with E-state index in [1.54, 1.807) is 0 Å². The van der Waals surface area contributed by atoms with Crippen LogP contribution in [0.15, 0.2) is 0 Å². The minimum atomic E-state index is -3.46. The van der Waals surface area contributed by atoms with Crippen LogP contribution in [-0.2, 0) is 0 Å². The van der Waals surface area contributed by atoms with E-state index < -0.39 is 19.0 Å². The van der Waals surface area contributed by atoms with Crippen LogP contribution in [0.1, 0.15) is 0 Å². The van der Waals surface area contributed by atoms with Crippen molar-refractivity contribution in [2.75, 3.05) is 0 Å². The lowest BCUT2D eigenvalue weighted by atomic mass is 10.4. The molecule has 0 aromatic heterocycles. The van der Waals surface area contributed by atoms with Crippen molar-refractivity contribution in [1.82, 2.24) is 0 Å². The first kappa shape index (κ1) is 7.65. The van der Waals surface area contributed by atoms with Gasteiger partial charge in [0.25, 0.3) is 0 Å². The molecule has 0 amide bonds. The Kier molecular flexibility index (Phi) is 2.71. The molecule has 0 saturated carbocycles. The molecular formula is C3HF5. The number of hydrogen-bond acceptors (Lipinski definition) is 0. The number of hydrogen-bond donors (Lipinski definition) is 0. The quantitative estimate of drug-likeness (QED) is 0.505. The zero-order chi connectivity index (χ0) is 6.73. The molecule has 0 saturated heterocycles. The first-order chi connectivity index (χ1) is 3.55. The maximum Gasteiger partial charge on any atom is 0.350 e. The van der Waals surface area contributed by atoms with E-state index in [2.05, 4.69) is 0 Å². The molecule has 0 bridgehead atoms. The van der Waals surface area contributed by atoms with Gasteiger partial charge >= 0.3 is 12.9 Å². The summed E-state index contributed by atoms with van der Waals surface area (Å²) in [4.78, 5) is 0. The molecule has 0 heterocycles. The molecule has 0 aliphatic heterocycles. The van der Waals surface area contributed by atoms with Gasteiger partial charge in [-0.15, -0.1) is 0 Å². The van der Waals surface area contributed by atoms with Gasteiger partial charge in [0.15, 0.2) is 0 Å². The summed E-state index contributed by atoms with van der Waals surface area (Å²) in [6.45, 7) is 0. The van der Waals surface area contributed by atoms with Crippen molar-refractivity contribution in [2.45, 2.75) is 6.17 Å². The summed E-state index contributed by atoms with van der Waals surface area (Å²) >= 11 is 0. The molecule has 0 unspecified atom stereocenters. The van der Waals surface area contributed by atoms with Gasteiger partial charge in [-0.2, -0.15) is 17.6 Å². The summed E-state index contributed by atoms with van der Waals surface area (Å²) in [6, 6.07) is 0. The maximum absolute atomic E-state index is 11.1. The summed E-state index contributed by atoms with van der Waals surface area (Å²) in [5.41, 5.74) is 0. The van der Waals surface area contributed by atoms with Crippen LogP contribution in [0.3, 0.4) is 0 Å². The van der Waals surface area contributed by atoms with E-state index in [-0.39, 0.29) is 0 Å². The van der Waals surface area contributed by atoms with Gasteiger partial charge in [0, 0.05) is 0 Å². The van der Waals surface area contributed by atoms with Gasteiger partial charge in [-0.25, -0.2) is 4.39 Å². The van der Waals surface area contributed by atoms with Crippen molar-refractivity contribution in [3.05, 3.63) is 12.9 Å². The molecule has 48 valence electrons. The van der Waals surface area contributed by atoms with Crippen LogP contribution in [-0.4, -0.2) is 6.17 Å². The van der Waals surface area contributed by atoms with Crippen molar-refractivity contribution in [2.24, 2.45) is 0 Å². The van der Waals surface area contributed by atoms with E-state index in [1.807, 2.05) is 0 Å². The van der Waals surface area contributed by atoms with Crippen LogP contribution in [0.5, 0.6) is 0 Å². The van der Waals surface area contributed by atoms with Crippen molar-refractivity contribution < 1.29 is 22.0 Å². The highest BCUT2D eigenvalue weighted by Crippen LogP contribution is 2.24. The summed E-state index contributed by atoms with van der Waals surface area (Å²) in [5, 5.41) is 0. The van der Waals surface area contributed by atoms with E-state index in [0.29, 0.717) is 0 Å². The molecule has 0 aliphatic carbocycles. The fraction of sp³-hybridized carbons (Fsp3) is 0.333. The lowest BCUT2D eigenvalue weighted by Crippen LogP contribution is -2.08. The Bertz CT molecular complexity index is 52.7. The minimum absolute atomic E-state index is 2.91. The van der Waals surface area contributed by atoms with Gasteiger partial charge in [0.05, 0.1) is 0 Å². The Hall–Kier alpha value is -0.350. The average Bonchev–Trinajstić information content (AvgIpc) is 1.64. The third-order valence-corrected chi connectivity index (χ3v) is 0.383. The summed E-state index contributed by atoms with van der Waals surface area (Å²) < 4.78 is 54.0. The Labute approximate surface area is 42.3 Å². The second kappa shape index (κ2) is 2.84. The molecule has 0 aromatic carbocycles. The predicted molar refractivity (Wildman–Crippen MR) is 15.8 cm³/mol. The molecule has 0 nitrogen and oxygen atoms in total. The third-order valence-electron chi connectivity index (χ3n) is 0.383. The highest BCUT2D eigenvalue weighted by molar-refractivity contribution is 4.86. The predicted octanol–water partition coefficient (Wildman–Crippen LogP) is 2.18. The van der Waals surface area contributed by atoms with Crippen LogP contribution < -0.4 is 0 Å². The van der Waals surface area contributed by atoms with E-state index >= 15 is 0 Å². The largest absolute Gasteiger partial charge is 0.350 e. The molecule has 2 radical (unpaired) electrons. The summed E-state index contributed by atoms with van der Waals surface area (Å²) in [6.07, 6.45) is -9.29. The molecule has 0 spiro atoms. The monoisotopic (exact) mass is 132 g/mol. The number of rotatable bonds is 2.